The Morgan fingerprint density at radius 1 is 1.19 bits per heavy atom. The highest BCUT2D eigenvalue weighted by Gasteiger charge is 2.49. The van der Waals surface area contributed by atoms with Crippen LogP contribution in [-0.4, -0.2) is 51.2 Å². The van der Waals surface area contributed by atoms with E-state index in [0.29, 0.717) is 10.5 Å². The standard InChI is InChI=1S/C19H14F3N5O4/c20-19(21,22)14-7-16(28)24-12-3-1-2-4-13(12)27(14)17(29)9-31-18(30)11-5-6-15-25-23-10-26(15)8-11/h1-6,8,10,14H,7,9H2,(H,24,28). The summed E-state index contributed by atoms with van der Waals surface area (Å²) in [6.45, 7) is -0.950. The molecule has 3 heterocycles. The summed E-state index contributed by atoms with van der Waals surface area (Å²) in [5.41, 5.74) is 0.444. The van der Waals surface area contributed by atoms with Gasteiger partial charge in [0.2, 0.25) is 5.91 Å². The van der Waals surface area contributed by atoms with Gasteiger partial charge in [0.05, 0.1) is 23.4 Å². The number of aromatic nitrogens is 3. The van der Waals surface area contributed by atoms with Crippen molar-refractivity contribution in [1.82, 2.24) is 14.6 Å². The first kappa shape index (κ1) is 20.3. The lowest BCUT2D eigenvalue weighted by molar-refractivity contribution is -0.158. The van der Waals surface area contributed by atoms with E-state index in [2.05, 4.69) is 15.5 Å². The molecule has 2 amide bonds. The Balaban J connectivity index is 1.58. The third kappa shape index (κ3) is 4.04. The number of amides is 2. The summed E-state index contributed by atoms with van der Waals surface area (Å²) in [5.74, 6) is -2.92. The molecule has 0 fully saturated rings. The number of carbonyl (C=O) groups is 3. The number of esters is 1. The topological polar surface area (TPSA) is 106 Å². The molecule has 3 aromatic rings. The second kappa shape index (κ2) is 7.70. The highest BCUT2D eigenvalue weighted by Crippen LogP contribution is 2.37. The summed E-state index contributed by atoms with van der Waals surface area (Å²) < 4.78 is 47.5. The molecule has 0 saturated heterocycles. The Labute approximate surface area is 172 Å². The van der Waals surface area contributed by atoms with E-state index in [1.54, 1.807) is 0 Å². The van der Waals surface area contributed by atoms with Crippen LogP contribution in [0.15, 0.2) is 48.9 Å². The van der Waals surface area contributed by atoms with Crippen molar-refractivity contribution in [3.63, 3.8) is 0 Å². The zero-order valence-electron chi connectivity index (χ0n) is 15.7. The Kier molecular flexibility index (Phi) is 5.05. The summed E-state index contributed by atoms with van der Waals surface area (Å²) >= 11 is 0. The van der Waals surface area contributed by atoms with E-state index >= 15 is 0 Å². The van der Waals surface area contributed by atoms with Gasteiger partial charge in [-0.05, 0) is 24.3 Å². The minimum absolute atomic E-state index is 0.0528. The molecule has 31 heavy (non-hydrogen) atoms. The number of nitrogens with one attached hydrogen (secondary N) is 1. The summed E-state index contributed by atoms with van der Waals surface area (Å²) in [4.78, 5) is 37.5. The van der Waals surface area contributed by atoms with E-state index in [9.17, 15) is 27.6 Å². The van der Waals surface area contributed by atoms with Crippen LogP contribution >= 0.6 is 0 Å². The molecule has 0 spiro atoms. The number of hydrogen-bond donors (Lipinski definition) is 1. The number of ether oxygens (including phenoxy) is 1. The Morgan fingerprint density at radius 2 is 1.97 bits per heavy atom. The molecule has 9 nitrogen and oxygen atoms in total. The van der Waals surface area contributed by atoms with Crippen molar-refractivity contribution in [2.45, 2.75) is 18.6 Å². The van der Waals surface area contributed by atoms with E-state index in [1.165, 1.54) is 53.3 Å². The molecule has 1 atom stereocenters. The first-order chi connectivity index (χ1) is 14.7. The molecule has 1 aromatic carbocycles. The third-order valence-corrected chi connectivity index (χ3v) is 4.63. The first-order valence-corrected chi connectivity index (χ1v) is 8.98. The highest BCUT2D eigenvalue weighted by atomic mass is 19.4. The van der Waals surface area contributed by atoms with Gasteiger partial charge in [0, 0.05) is 6.20 Å². The number of para-hydroxylation sites is 2. The fourth-order valence-corrected chi connectivity index (χ4v) is 3.22. The highest BCUT2D eigenvalue weighted by molar-refractivity contribution is 6.05. The van der Waals surface area contributed by atoms with Crippen molar-refractivity contribution in [2.24, 2.45) is 0 Å². The average Bonchev–Trinajstić information content (AvgIpc) is 3.13. The molecule has 1 N–H and O–H groups in total. The van der Waals surface area contributed by atoms with E-state index in [0.717, 1.165) is 0 Å². The number of hydrogen-bond acceptors (Lipinski definition) is 6. The summed E-state index contributed by atoms with van der Waals surface area (Å²) in [7, 11) is 0. The quantitative estimate of drug-likeness (QED) is 0.635. The second-order valence-corrected chi connectivity index (χ2v) is 6.68. The Hall–Kier alpha value is -3.96. The maximum Gasteiger partial charge on any atom is 0.409 e. The lowest BCUT2D eigenvalue weighted by Crippen LogP contribution is -2.51. The summed E-state index contributed by atoms with van der Waals surface area (Å²) in [6, 6.07) is 6.08. The molecule has 0 bridgehead atoms. The number of alkyl halides is 3. The fourth-order valence-electron chi connectivity index (χ4n) is 3.22. The maximum atomic E-state index is 13.7. The molecule has 12 heteroatoms. The summed E-state index contributed by atoms with van der Waals surface area (Å²) in [6.07, 6.45) is -3.15. The van der Waals surface area contributed by atoms with Crippen LogP contribution in [0.2, 0.25) is 0 Å². The Morgan fingerprint density at radius 3 is 2.74 bits per heavy atom. The zero-order chi connectivity index (χ0) is 22.2. The van der Waals surface area contributed by atoms with Crippen LogP contribution in [0.1, 0.15) is 16.8 Å². The number of halogens is 3. The van der Waals surface area contributed by atoms with Crippen molar-refractivity contribution in [2.75, 3.05) is 16.8 Å². The normalized spacial score (nSPS) is 16.4. The molecule has 1 aliphatic heterocycles. The van der Waals surface area contributed by atoms with E-state index in [1.807, 2.05) is 0 Å². The van der Waals surface area contributed by atoms with Crippen molar-refractivity contribution in [1.29, 1.82) is 0 Å². The molecule has 1 aliphatic rings. The van der Waals surface area contributed by atoms with Crippen molar-refractivity contribution in [3.05, 3.63) is 54.5 Å². The van der Waals surface area contributed by atoms with Gasteiger partial charge in [-0.15, -0.1) is 10.2 Å². The monoisotopic (exact) mass is 433 g/mol. The van der Waals surface area contributed by atoms with Gasteiger partial charge in [0.25, 0.3) is 5.91 Å². The molecule has 160 valence electrons. The minimum atomic E-state index is -4.88. The number of nitrogens with zero attached hydrogens (tertiary/aromatic N) is 4. The Bertz CT molecular complexity index is 1180. The fraction of sp³-hybridized carbons (Fsp3) is 0.211. The van der Waals surface area contributed by atoms with Gasteiger partial charge in [0.15, 0.2) is 12.3 Å². The van der Waals surface area contributed by atoms with Crippen LogP contribution in [0.25, 0.3) is 5.65 Å². The van der Waals surface area contributed by atoms with Gasteiger partial charge in [0.1, 0.15) is 12.4 Å². The number of pyridine rings is 1. The van der Waals surface area contributed by atoms with Crippen LogP contribution in [0.3, 0.4) is 0 Å². The minimum Gasteiger partial charge on any atom is -0.452 e. The number of anilines is 2. The number of carbonyl (C=O) groups excluding carboxylic acids is 3. The average molecular weight is 433 g/mol. The van der Waals surface area contributed by atoms with Gasteiger partial charge < -0.3 is 10.1 Å². The van der Waals surface area contributed by atoms with Crippen molar-refractivity contribution in [3.8, 4) is 0 Å². The molecular formula is C19H14F3N5O4. The predicted molar refractivity (Wildman–Crippen MR) is 100 cm³/mol. The predicted octanol–water partition coefficient (Wildman–Crippen LogP) is 2.19. The zero-order valence-corrected chi connectivity index (χ0v) is 15.7. The smallest absolute Gasteiger partial charge is 0.409 e. The van der Waals surface area contributed by atoms with Gasteiger partial charge in [-0.25, -0.2) is 4.79 Å². The second-order valence-electron chi connectivity index (χ2n) is 6.68. The third-order valence-electron chi connectivity index (χ3n) is 4.63. The number of rotatable bonds is 3. The van der Waals surface area contributed by atoms with Crippen LogP contribution in [0, 0.1) is 0 Å². The molecule has 1 unspecified atom stereocenters. The van der Waals surface area contributed by atoms with Crippen LogP contribution in [0.5, 0.6) is 0 Å². The van der Waals surface area contributed by atoms with Crippen molar-refractivity contribution >= 4 is 34.8 Å². The molecule has 0 aliphatic carbocycles. The number of fused-ring (bicyclic) bond motifs is 2. The van der Waals surface area contributed by atoms with E-state index in [4.69, 9.17) is 4.74 Å². The van der Waals surface area contributed by atoms with Gasteiger partial charge >= 0.3 is 12.1 Å². The molecular weight excluding hydrogens is 419 g/mol. The lowest BCUT2D eigenvalue weighted by Gasteiger charge is -2.31. The SMILES string of the molecule is O=C1CC(C(F)(F)F)N(C(=O)COC(=O)c2ccc3nncn3c2)c2ccccc2N1. The van der Waals surface area contributed by atoms with Crippen LogP contribution in [-0.2, 0) is 14.3 Å². The van der Waals surface area contributed by atoms with E-state index < -0.39 is 43.0 Å². The molecule has 0 radical (unpaired) electrons. The van der Waals surface area contributed by atoms with Crippen LogP contribution < -0.4 is 10.2 Å². The largest absolute Gasteiger partial charge is 0.452 e. The van der Waals surface area contributed by atoms with Gasteiger partial charge in [-0.2, -0.15) is 13.2 Å². The molecule has 0 saturated carbocycles. The first-order valence-electron chi connectivity index (χ1n) is 8.98. The summed E-state index contributed by atoms with van der Waals surface area (Å²) in [5, 5.41) is 9.81. The lowest BCUT2D eigenvalue weighted by atomic mass is 10.1. The van der Waals surface area contributed by atoms with Gasteiger partial charge in [-0.1, -0.05) is 12.1 Å². The van der Waals surface area contributed by atoms with Crippen molar-refractivity contribution < 1.29 is 32.3 Å². The van der Waals surface area contributed by atoms with E-state index in [-0.39, 0.29) is 16.9 Å². The van der Waals surface area contributed by atoms with Crippen LogP contribution in [0.4, 0.5) is 24.5 Å². The number of benzene rings is 1. The molecule has 4 rings (SSSR count). The molecule has 2 aromatic heterocycles. The maximum absolute atomic E-state index is 13.7. The van der Waals surface area contributed by atoms with Gasteiger partial charge in [-0.3, -0.25) is 18.9 Å².